The van der Waals surface area contributed by atoms with E-state index in [0.29, 0.717) is 5.82 Å². The van der Waals surface area contributed by atoms with Crippen molar-refractivity contribution < 1.29 is 9.84 Å². The fourth-order valence-electron chi connectivity index (χ4n) is 4.22. The van der Waals surface area contributed by atoms with Crippen molar-refractivity contribution in [3.63, 3.8) is 0 Å². The van der Waals surface area contributed by atoms with Crippen LogP contribution in [0.1, 0.15) is 0 Å². The number of benzene rings is 2. The number of aromatic amines is 1. The van der Waals surface area contributed by atoms with Gasteiger partial charge in [-0.25, -0.2) is 9.97 Å². The highest BCUT2D eigenvalue weighted by Gasteiger charge is 2.13. The number of aromatic hydroxyl groups is 1. The third-order valence-corrected chi connectivity index (χ3v) is 5.90. The Morgan fingerprint density at radius 1 is 1.03 bits per heavy atom. The maximum absolute atomic E-state index is 9.88. The smallest absolute Gasteiger partial charge is 0.196 e. The predicted octanol–water partition coefficient (Wildman–Crippen LogP) is 4.16. The lowest BCUT2D eigenvalue weighted by atomic mass is 10.1. The summed E-state index contributed by atoms with van der Waals surface area (Å²) < 4.78 is 7.46. The van der Waals surface area contributed by atoms with Crippen LogP contribution in [-0.4, -0.2) is 50.8 Å². The number of nitrogens with one attached hydrogen (secondary N) is 2. The van der Waals surface area contributed by atoms with Crippen molar-refractivity contribution in [3.05, 3.63) is 67.3 Å². The molecule has 2 aromatic carbocycles. The Morgan fingerprint density at radius 2 is 1.88 bits per heavy atom. The maximum Gasteiger partial charge on any atom is 0.196 e. The molecule has 0 saturated carbocycles. The van der Waals surface area contributed by atoms with Crippen molar-refractivity contribution >= 4 is 33.6 Å². The molecule has 0 aliphatic carbocycles. The molecule has 8 heteroatoms. The zero-order valence-electron chi connectivity index (χ0n) is 17.3. The number of imidazole rings is 1. The van der Waals surface area contributed by atoms with E-state index in [1.807, 2.05) is 35.0 Å². The quantitative estimate of drug-likeness (QED) is 0.400. The normalized spacial score (nSPS) is 14.3. The van der Waals surface area contributed by atoms with Gasteiger partial charge < -0.3 is 25.0 Å². The van der Waals surface area contributed by atoms with E-state index < -0.39 is 0 Å². The van der Waals surface area contributed by atoms with Gasteiger partial charge in [-0.3, -0.25) is 4.40 Å². The number of aromatic nitrogens is 4. The number of hydrogen-bond donors (Lipinski definition) is 3. The first-order valence-corrected chi connectivity index (χ1v) is 10.6. The summed E-state index contributed by atoms with van der Waals surface area (Å²) in [4.78, 5) is 14.4. The van der Waals surface area contributed by atoms with Gasteiger partial charge in [-0.15, -0.1) is 0 Å². The molecule has 32 heavy (non-hydrogen) atoms. The van der Waals surface area contributed by atoms with Crippen molar-refractivity contribution in [1.29, 1.82) is 0 Å². The molecule has 0 amide bonds. The summed E-state index contributed by atoms with van der Waals surface area (Å²) in [5.74, 6) is 0.870. The topological polar surface area (TPSA) is 90.7 Å². The minimum absolute atomic E-state index is 0.177. The first-order valence-electron chi connectivity index (χ1n) is 10.6. The van der Waals surface area contributed by atoms with Gasteiger partial charge in [0.25, 0.3) is 0 Å². The van der Waals surface area contributed by atoms with Crippen LogP contribution < -0.4 is 10.2 Å². The molecule has 3 N–H and O–H groups in total. The molecule has 3 aromatic heterocycles. The first-order chi connectivity index (χ1) is 15.8. The first kappa shape index (κ1) is 18.7. The lowest BCUT2D eigenvalue weighted by molar-refractivity contribution is 0.122. The van der Waals surface area contributed by atoms with E-state index in [-0.39, 0.29) is 5.88 Å². The lowest BCUT2D eigenvalue weighted by Gasteiger charge is -2.28. The minimum Gasteiger partial charge on any atom is -0.494 e. The monoisotopic (exact) mass is 426 g/mol. The number of fused-ring (bicyclic) bond motifs is 2. The second kappa shape index (κ2) is 7.58. The molecule has 1 aliphatic rings. The molecular weight excluding hydrogens is 404 g/mol. The van der Waals surface area contributed by atoms with Crippen LogP contribution >= 0.6 is 0 Å². The molecule has 1 saturated heterocycles. The van der Waals surface area contributed by atoms with Gasteiger partial charge in [0.1, 0.15) is 0 Å². The summed E-state index contributed by atoms with van der Waals surface area (Å²) in [5.41, 5.74) is 4.81. The van der Waals surface area contributed by atoms with Crippen molar-refractivity contribution in [1.82, 2.24) is 19.4 Å². The minimum atomic E-state index is 0.177. The van der Waals surface area contributed by atoms with Crippen LogP contribution in [0.25, 0.3) is 27.7 Å². The van der Waals surface area contributed by atoms with E-state index in [1.165, 1.54) is 5.69 Å². The average molecular weight is 426 g/mol. The molecule has 4 heterocycles. The molecule has 0 atom stereocenters. The molecule has 5 aromatic rings. The Balaban J connectivity index is 1.30. The molecule has 160 valence electrons. The second-order valence-corrected chi connectivity index (χ2v) is 7.82. The summed E-state index contributed by atoms with van der Waals surface area (Å²) >= 11 is 0. The lowest BCUT2D eigenvalue weighted by Crippen LogP contribution is -2.36. The fraction of sp³-hybridized carbons (Fsp3) is 0.167. The standard InChI is InChI=1S/C24H22N6O2/c31-24-20-6-1-16(13-17(20)14-27-24)21-15-26-22(23-25-7-8-30(21)23)28-18-2-4-19(5-3-18)29-9-11-32-12-10-29/h1-8,13-15,27,31H,9-12H2,(H,26,28). The van der Waals surface area contributed by atoms with Gasteiger partial charge in [0.05, 0.1) is 25.1 Å². The van der Waals surface area contributed by atoms with Gasteiger partial charge in [-0.05, 0) is 36.4 Å². The summed E-state index contributed by atoms with van der Waals surface area (Å²) in [6.07, 6.45) is 7.34. The summed E-state index contributed by atoms with van der Waals surface area (Å²) in [7, 11) is 0. The van der Waals surface area contributed by atoms with E-state index in [9.17, 15) is 5.11 Å². The SMILES string of the molecule is Oc1[nH]cc2cc(-c3cnc(Nc4ccc(N5CCOCC5)cc4)c4nccn34)ccc12. The Morgan fingerprint density at radius 3 is 2.72 bits per heavy atom. The van der Waals surface area contributed by atoms with E-state index in [2.05, 4.69) is 49.4 Å². The van der Waals surface area contributed by atoms with Crippen LogP contribution in [-0.2, 0) is 4.74 Å². The maximum atomic E-state index is 9.88. The van der Waals surface area contributed by atoms with Crippen molar-refractivity contribution in [2.75, 3.05) is 36.5 Å². The van der Waals surface area contributed by atoms with Crippen LogP contribution in [0, 0.1) is 0 Å². The van der Waals surface area contributed by atoms with Crippen molar-refractivity contribution in [2.45, 2.75) is 0 Å². The zero-order valence-corrected chi connectivity index (χ0v) is 17.3. The Bertz CT molecular complexity index is 1400. The Labute approximate surface area is 184 Å². The highest BCUT2D eigenvalue weighted by atomic mass is 16.5. The van der Waals surface area contributed by atoms with E-state index >= 15 is 0 Å². The third-order valence-electron chi connectivity index (χ3n) is 5.90. The van der Waals surface area contributed by atoms with E-state index in [4.69, 9.17) is 4.74 Å². The molecule has 0 bridgehead atoms. The van der Waals surface area contributed by atoms with Gasteiger partial charge in [-0.1, -0.05) is 6.07 Å². The Hall–Kier alpha value is -4.04. The third kappa shape index (κ3) is 3.21. The van der Waals surface area contributed by atoms with E-state index in [0.717, 1.165) is 59.7 Å². The van der Waals surface area contributed by atoms with Gasteiger partial charge in [0.15, 0.2) is 17.3 Å². The van der Waals surface area contributed by atoms with E-state index in [1.54, 1.807) is 12.4 Å². The molecule has 6 rings (SSSR count). The van der Waals surface area contributed by atoms with Gasteiger partial charge in [-0.2, -0.15) is 0 Å². The number of ether oxygens (including phenoxy) is 1. The predicted molar refractivity (Wildman–Crippen MR) is 125 cm³/mol. The summed E-state index contributed by atoms with van der Waals surface area (Å²) in [6.45, 7) is 3.37. The van der Waals surface area contributed by atoms with Crippen LogP contribution in [0.2, 0.25) is 0 Å². The molecule has 8 nitrogen and oxygen atoms in total. The van der Waals surface area contributed by atoms with Crippen LogP contribution in [0.4, 0.5) is 17.2 Å². The summed E-state index contributed by atoms with van der Waals surface area (Å²) in [5, 5.41) is 15.0. The molecule has 1 aliphatic heterocycles. The number of anilines is 3. The van der Waals surface area contributed by atoms with Crippen LogP contribution in [0.3, 0.4) is 0 Å². The number of hydrogen-bond acceptors (Lipinski definition) is 6. The highest BCUT2D eigenvalue weighted by molar-refractivity contribution is 5.91. The van der Waals surface area contributed by atoms with Gasteiger partial charge >= 0.3 is 0 Å². The number of nitrogens with zero attached hydrogens (tertiary/aromatic N) is 4. The van der Waals surface area contributed by atoms with Crippen LogP contribution in [0.15, 0.2) is 67.3 Å². The number of H-pyrrole nitrogens is 1. The average Bonchev–Trinajstić information content (AvgIpc) is 3.48. The highest BCUT2D eigenvalue weighted by Crippen LogP contribution is 2.31. The molecule has 1 fully saturated rings. The number of morpholine rings is 1. The summed E-state index contributed by atoms with van der Waals surface area (Å²) in [6, 6.07) is 14.3. The molecule has 0 radical (unpaired) electrons. The second-order valence-electron chi connectivity index (χ2n) is 7.82. The molecule has 0 unspecified atom stereocenters. The van der Waals surface area contributed by atoms with Gasteiger partial charge in [0.2, 0.25) is 0 Å². The molecular formula is C24H22N6O2. The largest absolute Gasteiger partial charge is 0.494 e. The molecule has 0 spiro atoms. The zero-order chi connectivity index (χ0) is 21.5. The van der Waals surface area contributed by atoms with Crippen molar-refractivity contribution in [3.8, 4) is 17.1 Å². The van der Waals surface area contributed by atoms with Crippen LogP contribution in [0.5, 0.6) is 5.88 Å². The van der Waals surface area contributed by atoms with Crippen molar-refractivity contribution in [2.24, 2.45) is 0 Å². The fourth-order valence-corrected chi connectivity index (χ4v) is 4.22. The Kier molecular flexibility index (Phi) is 4.43. The van der Waals surface area contributed by atoms with Gasteiger partial charge in [0, 0.05) is 59.4 Å². The number of rotatable bonds is 4.